The number of rotatable bonds is 5. The van der Waals surface area contributed by atoms with Gasteiger partial charge in [-0.3, -0.25) is 4.68 Å². The van der Waals surface area contributed by atoms with E-state index >= 15 is 0 Å². The van der Waals surface area contributed by atoms with E-state index in [0.29, 0.717) is 28.1 Å². The first-order chi connectivity index (χ1) is 15.1. The van der Waals surface area contributed by atoms with Crippen LogP contribution in [0.1, 0.15) is 5.82 Å². The van der Waals surface area contributed by atoms with Crippen LogP contribution in [0, 0.1) is 11.6 Å². The molecule has 0 bridgehead atoms. The molecule has 5 rings (SSSR count). The molecule has 0 saturated carbocycles. The topological polar surface area (TPSA) is 83.5 Å². The van der Waals surface area contributed by atoms with Crippen molar-refractivity contribution in [2.24, 2.45) is 7.05 Å². The molecule has 0 spiro atoms. The van der Waals surface area contributed by atoms with Crippen LogP contribution in [-0.4, -0.2) is 34.7 Å². The average molecular weight is 419 g/mol. The van der Waals surface area contributed by atoms with Gasteiger partial charge in [-0.2, -0.15) is 14.8 Å². The summed E-state index contributed by atoms with van der Waals surface area (Å²) in [6, 6.07) is 13.9. The summed E-state index contributed by atoms with van der Waals surface area (Å²) in [4.78, 5) is 8.72. The number of nitrogens with zero attached hydrogens (tertiary/aromatic N) is 7. The summed E-state index contributed by atoms with van der Waals surface area (Å²) in [5, 5.41) is 12.2. The van der Waals surface area contributed by atoms with Crippen molar-refractivity contribution >= 4 is 11.2 Å². The minimum absolute atomic E-state index is 0.102. The number of pyridine rings is 1. The SMILES string of the molecule is Cn1ncnc1COc1nc2c(cc1-c1ccc(F)cc1)nnn2-c1ccccc1F. The third kappa shape index (κ3) is 3.48. The second-order valence-corrected chi connectivity index (χ2v) is 6.73. The van der Waals surface area contributed by atoms with E-state index in [1.165, 1.54) is 29.2 Å². The zero-order chi connectivity index (χ0) is 21.4. The van der Waals surface area contributed by atoms with Crippen LogP contribution in [0.4, 0.5) is 8.78 Å². The lowest BCUT2D eigenvalue weighted by Crippen LogP contribution is -2.07. The number of benzene rings is 2. The van der Waals surface area contributed by atoms with E-state index in [4.69, 9.17) is 4.74 Å². The predicted octanol–water partition coefficient (Wildman–Crippen LogP) is 3.47. The highest BCUT2D eigenvalue weighted by atomic mass is 19.1. The van der Waals surface area contributed by atoms with Crippen molar-refractivity contribution < 1.29 is 13.5 Å². The quantitative estimate of drug-likeness (QED) is 0.434. The molecule has 0 aliphatic rings. The maximum atomic E-state index is 14.3. The van der Waals surface area contributed by atoms with E-state index in [1.54, 1.807) is 48.1 Å². The molecule has 154 valence electrons. The molecule has 31 heavy (non-hydrogen) atoms. The highest BCUT2D eigenvalue weighted by molar-refractivity contribution is 5.82. The molecule has 0 amide bonds. The zero-order valence-electron chi connectivity index (χ0n) is 16.3. The van der Waals surface area contributed by atoms with Crippen LogP contribution < -0.4 is 4.74 Å². The Hall–Kier alpha value is -4.21. The van der Waals surface area contributed by atoms with Crippen LogP contribution in [0.3, 0.4) is 0 Å². The molecule has 8 nitrogen and oxygen atoms in total. The summed E-state index contributed by atoms with van der Waals surface area (Å²) in [5.74, 6) is 0.0276. The van der Waals surface area contributed by atoms with Gasteiger partial charge >= 0.3 is 0 Å². The Morgan fingerprint density at radius 1 is 1.03 bits per heavy atom. The molecule has 0 unspecified atom stereocenters. The summed E-state index contributed by atoms with van der Waals surface area (Å²) < 4.78 is 36.6. The van der Waals surface area contributed by atoms with Crippen LogP contribution in [0.5, 0.6) is 5.88 Å². The molecule has 0 aliphatic heterocycles. The van der Waals surface area contributed by atoms with Gasteiger partial charge in [0.1, 0.15) is 35.8 Å². The molecule has 3 heterocycles. The van der Waals surface area contributed by atoms with Crippen molar-refractivity contribution in [2.75, 3.05) is 0 Å². The number of hydrogen-bond acceptors (Lipinski definition) is 6. The highest BCUT2D eigenvalue weighted by Crippen LogP contribution is 2.32. The molecular weight excluding hydrogens is 404 g/mol. The van der Waals surface area contributed by atoms with Crippen LogP contribution in [-0.2, 0) is 13.7 Å². The maximum absolute atomic E-state index is 14.3. The molecule has 0 atom stereocenters. The molecule has 2 aromatic carbocycles. The van der Waals surface area contributed by atoms with Crippen molar-refractivity contribution in [2.45, 2.75) is 6.61 Å². The van der Waals surface area contributed by atoms with E-state index in [0.717, 1.165) is 0 Å². The van der Waals surface area contributed by atoms with Gasteiger partial charge in [-0.15, -0.1) is 5.10 Å². The standard InChI is InChI=1S/C21H15F2N7O/c1-29-19(24-12-25-29)11-31-21-15(13-6-8-14(22)9-7-13)10-17-20(26-21)30(28-27-17)18-5-3-2-4-16(18)23/h2-10,12H,11H2,1H3. The average Bonchev–Trinajstić information content (AvgIpc) is 3.38. The summed E-state index contributed by atoms with van der Waals surface area (Å²) in [5.41, 5.74) is 2.25. The first-order valence-electron chi connectivity index (χ1n) is 9.33. The first kappa shape index (κ1) is 18.8. The monoisotopic (exact) mass is 419 g/mol. The molecule has 5 aromatic rings. The van der Waals surface area contributed by atoms with E-state index < -0.39 is 5.82 Å². The molecule has 3 aromatic heterocycles. The lowest BCUT2D eigenvalue weighted by molar-refractivity contribution is 0.280. The number of ether oxygens (including phenoxy) is 1. The van der Waals surface area contributed by atoms with Crippen LogP contribution in [0.2, 0.25) is 0 Å². The lowest BCUT2D eigenvalue weighted by atomic mass is 10.1. The van der Waals surface area contributed by atoms with Crippen LogP contribution >= 0.6 is 0 Å². The van der Waals surface area contributed by atoms with E-state index in [9.17, 15) is 8.78 Å². The molecule has 10 heteroatoms. The van der Waals surface area contributed by atoms with Gasteiger partial charge in [-0.05, 0) is 35.9 Å². The van der Waals surface area contributed by atoms with Gasteiger partial charge in [-0.1, -0.05) is 29.5 Å². The second kappa shape index (κ2) is 7.56. The van der Waals surface area contributed by atoms with E-state index in [-0.39, 0.29) is 24.0 Å². The highest BCUT2D eigenvalue weighted by Gasteiger charge is 2.18. The largest absolute Gasteiger partial charge is 0.469 e. The molecule has 0 aliphatic carbocycles. The van der Waals surface area contributed by atoms with Gasteiger partial charge < -0.3 is 4.74 Å². The van der Waals surface area contributed by atoms with Crippen molar-refractivity contribution in [3.05, 3.63) is 78.4 Å². The number of hydrogen-bond donors (Lipinski definition) is 0. The van der Waals surface area contributed by atoms with Crippen LogP contribution in [0.25, 0.3) is 28.0 Å². The van der Waals surface area contributed by atoms with Gasteiger partial charge in [0.2, 0.25) is 5.88 Å². The third-order valence-electron chi connectivity index (χ3n) is 4.77. The maximum Gasteiger partial charge on any atom is 0.224 e. The number of aromatic nitrogens is 7. The number of para-hydroxylation sites is 1. The van der Waals surface area contributed by atoms with E-state index in [1.807, 2.05) is 0 Å². The Morgan fingerprint density at radius 3 is 2.58 bits per heavy atom. The summed E-state index contributed by atoms with van der Waals surface area (Å²) in [6.07, 6.45) is 1.42. The van der Waals surface area contributed by atoms with Gasteiger partial charge in [0.05, 0.1) is 0 Å². The van der Waals surface area contributed by atoms with Gasteiger partial charge in [-0.25, -0.2) is 13.8 Å². The van der Waals surface area contributed by atoms with Crippen LogP contribution in [0.15, 0.2) is 60.9 Å². The minimum Gasteiger partial charge on any atom is -0.469 e. The smallest absolute Gasteiger partial charge is 0.224 e. The fraction of sp³-hybridized carbons (Fsp3) is 0.0952. The Morgan fingerprint density at radius 2 is 1.84 bits per heavy atom. The Kier molecular flexibility index (Phi) is 4.58. The summed E-state index contributed by atoms with van der Waals surface area (Å²) >= 11 is 0. The third-order valence-corrected chi connectivity index (χ3v) is 4.77. The number of fused-ring (bicyclic) bond motifs is 1. The second-order valence-electron chi connectivity index (χ2n) is 6.73. The first-order valence-corrected chi connectivity index (χ1v) is 9.33. The fourth-order valence-corrected chi connectivity index (χ4v) is 3.16. The lowest BCUT2D eigenvalue weighted by Gasteiger charge is -2.11. The Bertz CT molecular complexity index is 1380. The normalized spacial score (nSPS) is 11.2. The van der Waals surface area contributed by atoms with Crippen molar-refractivity contribution in [3.8, 4) is 22.7 Å². The number of aryl methyl sites for hydroxylation is 1. The van der Waals surface area contributed by atoms with Crippen molar-refractivity contribution in [1.82, 2.24) is 34.7 Å². The van der Waals surface area contributed by atoms with Gasteiger partial charge in [0.15, 0.2) is 11.5 Å². The van der Waals surface area contributed by atoms with Gasteiger partial charge in [0.25, 0.3) is 0 Å². The predicted molar refractivity (Wildman–Crippen MR) is 107 cm³/mol. The van der Waals surface area contributed by atoms with Gasteiger partial charge in [0, 0.05) is 12.6 Å². The molecular formula is C21H15F2N7O. The summed E-state index contributed by atoms with van der Waals surface area (Å²) in [7, 11) is 1.75. The molecule has 0 radical (unpaired) electrons. The Labute approximate surface area is 174 Å². The fourth-order valence-electron chi connectivity index (χ4n) is 3.16. The zero-order valence-corrected chi connectivity index (χ0v) is 16.3. The van der Waals surface area contributed by atoms with Crippen molar-refractivity contribution in [1.29, 1.82) is 0 Å². The molecule has 0 fully saturated rings. The van der Waals surface area contributed by atoms with E-state index in [2.05, 4.69) is 25.4 Å². The summed E-state index contributed by atoms with van der Waals surface area (Å²) in [6.45, 7) is 0.102. The Balaban J connectivity index is 1.65. The minimum atomic E-state index is -0.458. The van der Waals surface area contributed by atoms with Crippen molar-refractivity contribution in [3.63, 3.8) is 0 Å². The molecule has 0 saturated heterocycles. The molecule has 0 N–H and O–H groups in total. The number of halogens is 2.